The number of aromatic nitrogens is 4. The molecule has 0 spiro atoms. The van der Waals surface area contributed by atoms with Crippen LogP contribution in [0.5, 0.6) is 0 Å². The van der Waals surface area contributed by atoms with Gasteiger partial charge in [-0.1, -0.05) is 0 Å². The first-order valence-electron chi connectivity index (χ1n) is 9.39. The smallest absolute Gasteiger partial charge is 0.225 e. The molecule has 0 aromatic carbocycles. The van der Waals surface area contributed by atoms with E-state index in [1.54, 1.807) is 0 Å². The number of carbonyl (C=O) groups is 1. The lowest BCUT2D eigenvalue weighted by Crippen LogP contribution is -2.41. The highest BCUT2D eigenvalue weighted by Crippen LogP contribution is 2.34. The maximum absolute atomic E-state index is 12.4. The fraction of sp³-hybridized carbons (Fsp3) is 0.611. The van der Waals surface area contributed by atoms with Crippen molar-refractivity contribution < 1.29 is 4.79 Å². The molecular weight excluding hydrogens is 316 g/mol. The maximum atomic E-state index is 12.4. The molecule has 7 nitrogen and oxygen atoms in total. The number of rotatable bonds is 3. The second-order valence-corrected chi connectivity index (χ2v) is 7.43. The van der Waals surface area contributed by atoms with Gasteiger partial charge >= 0.3 is 0 Å². The van der Waals surface area contributed by atoms with E-state index in [0.717, 1.165) is 69.9 Å². The highest BCUT2D eigenvalue weighted by Gasteiger charge is 2.36. The van der Waals surface area contributed by atoms with E-state index in [9.17, 15) is 4.79 Å². The van der Waals surface area contributed by atoms with Crippen molar-refractivity contribution in [1.29, 1.82) is 0 Å². The number of fused-ring (bicyclic) bond motifs is 1. The third kappa shape index (κ3) is 2.76. The van der Waals surface area contributed by atoms with Crippen LogP contribution in [0.25, 0.3) is 11.5 Å². The molecule has 2 fully saturated rings. The maximum Gasteiger partial charge on any atom is 0.225 e. The zero-order valence-electron chi connectivity index (χ0n) is 14.4. The average molecular weight is 340 g/mol. The molecule has 1 amide bonds. The van der Waals surface area contributed by atoms with Crippen molar-refractivity contribution in [2.45, 2.75) is 44.8 Å². The summed E-state index contributed by atoms with van der Waals surface area (Å²) in [6.07, 6.45) is 8.20. The summed E-state index contributed by atoms with van der Waals surface area (Å²) in [5, 5.41) is 8.13. The number of nitrogens with zero attached hydrogens (tertiary/aromatic N) is 5. The Morgan fingerprint density at radius 3 is 3.00 bits per heavy atom. The van der Waals surface area contributed by atoms with Crippen LogP contribution in [-0.4, -0.2) is 49.8 Å². The molecule has 7 heteroatoms. The zero-order valence-corrected chi connectivity index (χ0v) is 14.4. The minimum atomic E-state index is 0.297. The molecular formula is C18H24N6O. The molecule has 1 aliphatic carbocycles. The van der Waals surface area contributed by atoms with Crippen molar-refractivity contribution >= 4 is 5.91 Å². The van der Waals surface area contributed by atoms with E-state index in [4.69, 9.17) is 5.10 Å². The van der Waals surface area contributed by atoms with Crippen LogP contribution in [0, 0.1) is 5.92 Å². The van der Waals surface area contributed by atoms with Gasteiger partial charge in [-0.25, -0.2) is 4.98 Å². The monoisotopic (exact) mass is 340 g/mol. The van der Waals surface area contributed by atoms with E-state index in [1.807, 2.05) is 12.4 Å². The molecule has 0 unspecified atom stereocenters. The summed E-state index contributed by atoms with van der Waals surface area (Å²) in [6, 6.07) is 2.44. The Kier molecular flexibility index (Phi) is 3.62. The van der Waals surface area contributed by atoms with E-state index in [0.29, 0.717) is 17.9 Å². The minimum Gasteiger partial charge on any atom is -0.340 e. The van der Waals surface area contributed by atoms with Gasteiger partial charge < -0.3 is 14.8 Å². The summed E-state index contributed by atoms with van der Waals surface area (Å²) in [6.45, 7) is 4.43. The minimum absolute atomic E-state index is 0.297. The van der Waals surface area contributed by atoms with Crippen LogP contribution in [0.2, 0.25) is 0 Å². The van der Waals surface area contributed by atoms with Gasteiger partial charge in [0.15, 0.2) is 5.82 Å². The van der Waals surface area contributed by atoms with Crippen molar-refractivity contribution in [2.24, 2.45) is 5.92 Å². The van der Waals surface area contributed by atoms with E-state index in [1.165, 1.54) is 5.69 Å². The Morgan fingerprint density at radius 2 is 2.16 bits per heavy atom. The number of piperidine rings is 1. The predicted octanol–water partition coefficient (Wildman–Crippen LogP) is 1.42. The molecule has 4 heterocycles. The molecule has 2 aromatic heterocycles. The predicted molar refractivity (Wildman–Crippen MR) is 92.7 cm³/mol. The normalized spacial score (nSPS) is 23.5. The van der Waals surface area contributed by atoms with Crippen LogP contribution in [0.15, 0.2) is 18.5 Å². The summed E-state index contributed by atoms with van der Waals surface area (Å²) in [4.78, 5) is 19.1. The molecule has 2 aromatic rings. The third-order valence-electron chi connectivity index (χ3n) is 5.60. The van der Waals surface area contributed by atoms with Gasteiger partial charge in [0.2, 0.25) is 5.91 Å². The molecule has 1 N–H and O–H groups in total. The van der Waals surface area contributed by atoms with Gasteiger partial charge in [0.25, 0.3) is 0 Å². The zero-order chi connectivity index (χ0) is 16.8. The standard InChI is InChI=1S/C18H24N6O/c25-18(13-3-4-13)22-7-1-2-14(12-22)23-8-6-20-17(23)16-10-15-11-19-5-9-24(15)21-16/h6,8,10,13-14,19H,1-5,7,9,11-12H2/t14-/m1/s1. The first kappa shape index (κ1) is 15.1. The van der Waals surface area contributed by atoms with E-state index < -0.39 is 0 Å². The topological polar surface area (TPSA) is 68.0 Å². The number of amides is 1. The van der Waals surface area contributed by atoms with Crippen molar-refractivity contribution in [3.8, 4) is 11.5 Å². The van der Waals surface area contributed by atoms with Crippen LogP contribution in [0.4, 0.5) is 0 Å². The molecule has 1 saturated heterocycles. The first-order valence-corrected chi connectivity index (χ1v) is 9.39. The molecule has 25 heavy (non-hydrogen) atoms. The Bertz CT molecular complexity index is 766. The molecule has 5 rings (SSSR count). The van der Waals surface area contributed by atoms with Gasteiger partial charge in [0.05, 0.1) is 18.3 Å². The van der Waals surface area contributed by atoms with Gasteiger partial charge in [-0.15, -0.1) is 0 Å². The lowest BCUT2D eigenvalue weighted by atomic mass is 10.0. The lowest BCUT2D eigenvalue weighted by Gasteiger charge is -2.34. The Hall–Kier alpha value is -2.15. The summed E-state index contributed by atoms with van der Waals surface area (Å²) in [7, 11) is 0. The Balaban J connectivity index is 1.40. The van der Waals surface area contributed by atoms with E-state index in [2.05, 4.69) is 30.5 Å². The molecule has 3 aliphatic rings. The van der Waals surface area contributed by atoms with Crippen LogP contribution >= 0.6 is 0 Å². The summed E-state index contributed by atoms with van der Waals surface area (Å²) in [5.41, 5.74) is 2.15. The fourth-order valence-corrected chi connectivity index (χ4v) is 4.08. The third-order valence-corrected chi connectivity index (χ3v) is 5.60. The van der Waals surface area contributed by atoms with E-state index in [-0.39, 0.29) is 0 Å². The van der Waals surface area contributed by atoms with Crippen molar-refractivity contribution in [2.75, 3.05) is 19.6 Å². The Labute approximate surface area is 147 Å². The van der Waals surface area contributed by atoms with E-state index >= 15 is 0 Å². The van der Waals surface area contributed by atoms with Crippen LogP contribution in [-0.2, 0) is 17.9 Å². The number of hydrogen-bond donors (Lipinski definition) is 1. The summed E-state index contributed by atoms with van der Waals surface area (Å²) in [5.74, 6) is 1.58. The number of carbonyl (C=O) groups excluding carboxylic acids is 1. The number of likely N-dealkylation sites (tertiary alicyclic amines) is 1. The van der Waals surface area contributed by atoms with Crippen molar-refractivity contribution in [1.82, 2.24) is 29.5 Å². The van der Waals surface area contributed by atoms with Crippen LogP contribution in [0.1, 0.15) is 37.4 Å². The molecule has 0 radical (unpaired) electrons. The van der Waals surface area contributed by atoms with Gasteiger partial charge in [0, 0.05) is 44.5 Å². The van der Waals surface area contributed by atoms with Crippen molar-refractivity contribution in [3.63, 3.8) is 0 Å². The second kappa shape index (κ2) is 5.98. The van der Waals surface area contributed by atoms with Crippen LogP contribution in [0.3, 0.4) is 0 Å². The quantitative estimate of drug-likeness (QED) is 0.918. The van der Waals surface area contributed by atoms with Gasteiger partial charge in [-0.2, -0.15) is 5.10 Å². The number of hydrogen-bond acceptors (Lipinski definition) is 4. The number of imidazole rings is 1. The molecule has 2 aliphatic heterocycles. The highest BCUT2D eigenvalue weighted by atomic mass is 16.2. The summed E-state index contributed by atoms with van der Waals surface area (Å²) < 4.78 is 4.31. The van der Waals surface area contributed by atoms with Gasteiger partial charge in [0.1, 0.15) is 5.69 Å². The van der Waals surface area contributed by atoms with Crippen LogP contribution < -0.4 is 5.32 Å². The summed E-state index contributed by atoms with van der Waals surface area (Å²) >= 11 is 0. The highest BCUT2D eigenvalue weighted by molar-refractivity contribution is 5.81. The van der Waals surface area contributed by atoms with Crippen molar-refractivity contribution in [3.05, 3.63) is 24.2 Å². The first-order chi connectivity index (χ1) is 12.3. The second-order valence-electron chi connectivity index (χ2n) is 7.43. The number of nitrogens with one attached hydrogen (secondary N) is 1. The molecule has 0 bridgehead atoms. The SMILES string of the molecule is O=C(C1CC1)N1CCC[C@@H](n2ccnc2-c2cc3n(n2)CCNC3)C1. The largest absolute Gasteiger partial charge is 0.340 e. The van der Waals surface area contributed by atoms with Gasteiger partial charge in [-0.3, -0.25) is 9.48 Å². The lowest BCUT2D eigenvalue weighted by molar-refractivity contribution is -0.134. The Morgan fingerprint density at radius 1 is 1.24 bits per heavy atom. The average Bonchev–Trinajstić information content (AvgIpc) is 3.22. The molecule has 1 saturated carbocycles. The molecule has 1 atom stereocenters. The van der Waals surface area contributed by atoms with Gasteiger partial charge in [-0.05, 0) is 31.7 Å². The molecule has 132 valence electrons. The fourth-order valence-electron chi connectivity index (χ4n) is 4.08.